The van der Waals surface area contributed by atoms with Gasteiger partial charge < -0.3 is 19.5 Å². The number of amides is 1. The van der Waals surface area contributed by atoms with Crippen molar-refractivity contribution in [3.8, 4) is 28.5 Å². The zero-order valence-corrected chi connectivity index (χ0v) is 22.1. The number of fused-ring (bicyclic) bond motifs is 2. The van der Waals surface area contributed by atoms with Gasteiger partial charge in [0.05, 0.1) is 22.8 Å². The number of carbonyl (C=O) groups is 1. The molecule has 0 atom stereocenters. The molecular weight excluding hydrogens is 500 g/mol. The highest BCUT2D eigenvalue weighted by Gasteiger charge is 2.19. The fraction of sp³-hybridized carbons (Fsp3) is 0.207. The summed E-state index contributed by atoms with van der Waals surface area (Å²) in [5, 5.41) is 9.94. The van der Waals surface area contributed by atoms with E-state index in [-0.39, 0.29) is 12.5 Å². The third-order valence-electron chi connectivity index (χ3n) is 6.60. The Kier molecular flexibility index (Phi) is 6.21. The number of aromatic nitrogens is 1. The molecular formula is C29H26N4O4S. The Labute approximate surface area is 223 Å². The molecule has 1 aromatic heterocycles. The molecule has 2 aliphatic rings. The molecule has 9 heteroatoms. The predicted molar refractivity (Wildman–Crippen MR) is 148 cm³/mol. The highest BCUT2D eigenvalue weighted by Crippen LogP contribution is 2.34. The first-order valence-electron chi connectivity index (χ1n) is 12.3. The molecule has 4 aromatic rings. The van der Waals surface area contributed by atoms with E-state index in [4.69, 9.17) is 24.3 Å². The molecule has 1 amide bonds. The van der Waals surface area contributed by atoms with Crippen molar-refractivity contribution >= 4 is 34.3 Å². The number of thiazole rings is 1. The van der Waals surface area contributed by atoms with Gasteiger partial charge in [0, 0.05) is 16.5 Å². The van der Waals surface area contributed by atoms with Gasteiger partial charge in [-0.3, -0.25) is 4.79 Å². The standard InChI is InChI=1S/C29H26N4O4S/c1-17-5-4-6-22(18(17)2)31-29-33(32-19(3)20-7-10-26-27(14-20)36-12-11-35-26)24(16-38-29)21-8-9-25-23(13-21)30-28(34)15-37-25/h4-10,13-14,16H,11-12,15H2,1-3H3,(H,30,34). The number of hydrogen-bond donors (Lipinski definition) is 1. The van der Waals surface area contributed by atoms with Crippen LogP contribution in [0.4, 0.5) is 11.4 Å². The van der Waals surface area contributed by atoms with Crippen molar-refractivity contribution < 1.29 is 19.0 Å². The van der Waals surface area contributed by atoms with Crippen LogP contribution in [0.3, 0.4) is 0 Å². The van der Waals surface area contributed by atoms with Gasteiger partial charge in [0.25, 0.3) is 5.91 Å². The number of rotatable bonds is 4. The average molecular weight is 527 g/mol. The highest BCUT2D eigenvalue weighted by molar-refractivity contribution is 7.07. The van der Waals surface area contributed by atoms with E-state index in [0.29, 0.717) is 30.4 Å². The van der Waals surface area contributed by atoms with E-state index in [0.717, 1.165) is 44.3 Å². The maximum Gasteiger partial charge on any atom is 0.262 e. The Bertz CT molecular complexity index is 1670. The molecule has 0 fully saturated rings. The van der Waals surface area contributed by atoms with Crippen molar-refractivity contribution in [2.24, 2.45) is 10.1 Å². The molecule has 0 unspecified atom stereocenters. The highest BCUT2D eigenvalue weighted by atomic mass is 32.1. The van der Waals surface area contributed by atoms with Crippen LogP contribution >= 0.6 is 11.3 Å². The van der Waals surface area contributed by atoms with Gasteiger partial charge in [-0.05, 0) is 74.4 Å². The Hall–Kier alpha value is -4.37. The van der Waals surface area contributed by atoms with Gasteiger partial charge in [0.1, 0.15) is 19.0 Å². The fourth-order valence-corrected chi connectivity index (χ4v) is 5.19. The molecule has 2 aliphatic heterocycles. The molecule has 0 radical (unpaired) electrons. The minimum atomic E-state index is -0.175. The topological polar surface area (TPSA) is 86.4 Å². The summed E-state index contributed by atoms with van der Waals surface area (Å²) in [4.78, 5) is 17.6. The van der Waals surface area contributed by atoms with Gasteiger partial charge in [0.2, 0.25) is 4.80 Å². The number of benzene rings is 3. The molecule has 6 rings (SSSR count). The minimum absolute atomic E-state index is 0.0166. The molecule has 3 heterocycles. The Morgan fingerprint density at radius 1 is 0.974 bits per heavy atom. The van der Waals surface area contributed by atoms with E-state index in [1.807, 2.05) is 65.5 Å². The largest absolute Gasteiger partial charge is 0.486 e. The maximum atomic E-state index is 11.9. The lowest BCUT2D eigenvalue weighted by Gasteiger charge is -2.19. The maximum absolute atomic E-state index is 11.9. The van der Waals surface area contributed by atoms with E-state index in [9.17, 15) is 4.79 Å². The monoisotopic (exact) mass is 526 g/mol. The van der Waals surface area contributed by atoms with Crippen molar-refractivity contribution in [3.63, 3.8) is 0 Å². The van der Waals surface area contributed by atoms with Gasteiger partial charge in [-0.1, -0.05) is 12.1 Å². The predicted octanol–water partition coefficient (Wildman–Crippen LogP) is 5.44. The van der Waals surface area contributed by atoms with Gasteiger partial charge in [-0.25, -0.2) is 9.67 Å². The van der Waals surface area contributed by atoms with Crippen LogP contribution in [0.2, 0.25) is 0 Å². The summed E-state index contributed by atoms with van der Waals surface area (Å²) in [7, 11) is 0. The summed E-state index contributed by atoms with van der Waals surface area (Å²) in [6.45, 7) is 7.19. The van der Waals surface area contributed by atoms with E-state index in [1.54, 1.807) is 0 Å². The Balaban J connectivity index is 1.50. The summed E-state index contributed by atoms with van der Waals surface area (Å²) < 4.78 is 18.9. The number of aryl methyl sites for hydroxylation is 1. The van der Waals surface area contributed by atoms with Crippen LogP contribution in [-0.4, -0.2) is 36.1 Å². The quantitative estimate of drug-likeness (QED) is 0.359. The summed E-state index contributed by atoms with van der Waals surface area (Å²) in [5.41, 5.74) is 7.26. The van der Waals surface area contributed by atoms with Crippen LogP contribution in [-0.2, 0) is 4.79 Å². The molecule has 0 saturated heterocycles. The summed E-state index contributed by atoms with van der Waals surface area (Å²) >= 11 is 1.50. The minimum Gasteiger partial charge on any atom is -0.486 e. The molecule has 1 N–H and O–H groups in total. The number of ether oxygens (including phenoxy) is 3. The number of carbonyl (C=O) groups excluding carboxylic acids is 1. The van der Waals surface area contributed by atoms with Gasteiger partial charge in [-0.2, -0.15) is 5.10 Å². The van der Waals surface area contributed by atoms with Crippen molar-refractivity contribution in [1.82, 2.24) is 4.68 Å². The van der Waals surface area contributed by atoms with Crippen molar-refractivity contribution in [2.75, 3.05) is 25.1 Å². The first-order valence-corrected chi connectivity index (χ1v) is 13.2. The first-order chi connectivity index (χ1) is 18.5. The molecule has 3 aromatic carbocycles. The van der Waals surface area contributed by atoms with Gasteiger partial charge >= 0.3 is 0 Å². The number of nitrogens with zero attached hydrogens (tertiary/aromatic N) is 3. The number of hydrogen-bond acceptors (Lipinski definition) is 7. The van der Waals surface area contributed by atoms with Crippen LogP contribution in [0.1, 0.15) is 23.6 Å². The molecule has 38 heavy (non-hydrogen) atoms. The van der Waals surface area contributed by atoms with Gasteiger partial charge in [-0.15, -0.1) is 11.3 Å². The average Bonchev–Trinajstić information content (AvgIpc) is 3.32. The lowest BCUT2D eigenvalue weighted by Crippen LogP contribution is -2.25. The van der Waals surface area contributed by atoms with Crippen LogP contribution in [0.15, 0.2) is 70.1 Å². The fourth-order valence-electron chi connectivity index (χ4n) is 4.35. The third-order valence-corrected chi connectivity index (χ3v) is 7.41. The zero-order valence-electron chi connectivity index (χ0n) is 21.3. The van der Waals surface area contributed by atoms with Crippen LogP contribution in [0, 0.1) is 13.8 Å². The SMILES string of the molecule is CC(=Nn1c(-c2ccc3c(c2)NC(=O)CO3)csc1=Nc1cccc(C)c1C)c1ccc2c(c1)OCCO2. The van der Waals surface area contributed by atoms with E-state index < -0.39 is 0 Å². The van der Waals surface area contributed by atoms with E-state index in [2.05, 4.69) is 25.2 Å². The molecule has 8 nitrogen and oxygen atoms in total. The second-order valence-electron chi connectivity index (χ2n) is 9.14. The first kappa shape index (κ1) is 24.0. The second-order valence-corrected chi connectivity index (χ2v) is 9.97. The second kappa shape index (κ2) is 9.83. The molecule has 0 spiro atoms. The molecule has 0 saturated carbocycles. The van der Waals surface area contributed by atoms with Crippen molar-refractivity contribution in [1.29, 1.82) is 0 Å². The lowest BCUT2D eigenvalue weighted by molar-refractivity contribution is -0.118. The third kappa shape index (κ3) is 4.56. The zero-order chi connectivity index (χ0) is 26.2. The van der Waals surface area contributed by atoms with E-state index >= 15 is 0 Å². The van der Waals surface area contributed by atoms with Crippen molar-refractivity contribution in [2.45, 2.75) is 20.8 Å². The van der Waals surface area contributed by atoms with E-state index in [1.165, 1.54) is 16.9 Å². The summed E-state index contributed by atoms with van der Waals surface area (Å²) in [6.07, 6.45) is 0. The van der Waals surface area contributed by atoms with Gasteiger partial charge in [0.15, 0.2) is 18.1 Å². The lowest BCUT2D eigenvalue weighted by atomic mass is 10.1. The molecule has 0 bridgehead atoms. The van der Waals surface area contributed by atoms with Crippen LogP contribution in [0.5, 0.6) is 17.2 Å². The Morgan fingerprint density at radius 3 is 2.66 bits per heavy atom. The molecule has 192 valence electrons. The van der Waals surface area contributed by atoms with Crippen molar-refractivity contribution in [3.05, 3.63) is 81.5 Å². The number of nitrogens with one attached hydrogen (secondary N) is 1. The smallest absolute Gasteiger partial charge is 0.262 e. The molecule has 0 aliphatic carbocycles. The summed E-state index contributed by atoms with van der Waals surface area (Å²) in [5.74, 6) is 1.92. The van der Waals surface area contributed by atoms with Crippen LogP contribution in [0.25, 0.3) is 11.3 Å². The Morgan fingerprint density at radius 2 is 1.79 bits per heavy atom. The normalized spacial score (nSPS) is 15.1. The number of anilines is 1. The van der Waals surface area contributed by atoms with Crippen LogP contribution < -0.4 is 24.3 Å². The summed E-state index contributed by atoms with van der Waals surface area (Å²) in [6, 6.07) is 17.7.